The molecule has 4 nitrogen and oxygen atoms in total. The average molecular weight is 312 g/mol. The first-order valence-corrected chi connectivity index (χ1v) is 7.72. The summed E-state index contributed by atoms with van der Waals surface area (Å²) in [6, 6.07) is 7.83. The second-order valence-corrected chi connectivity index (χ2v) is 7.01. The molecule has 0 aliphatic rings. The highest BCUT2D eigenvalue weighted by molar-refractivity contribution is 5.89. The SMILES string of the molecule is CC(=O)Nc1c(C)[nH]c(-c2ccc(C(C)(C)C)cc2C)cc1=O. The van der Waals surface area contributed by atoms with Crippen LogP contribution in [0.4, 0.5) is 5.69 Å². The van der Waals surface area contributed by atoms with E-state index in [0.717, 1.165) is 16.8 Å². The number of pyridine rings is 1. The zero-order valence-corrected chi connectivity index (χ0v) is 14.6. The van der Waals surface area contributed by atoms with E-state index in [1.807, 2.05) is 13.0 Å². The third-order valence-electron chi connectivity index (χ3n) is 3.90. The molecule has 1 aromatic heterocycles. The fraction of sp³-hybridized carbons (Fsp3) is 0.368. The molecule has 0 aliphatic heterocycles. The number of carbonyl (C=O) groups is 1. The number of benzene rings is 1. The molecule has 0 atom stereocenters. The molecule has 1 heterocycles. The number of aromatic nitrogens is 1. The molecule has 0 saturated heterocycles. The Hall–Kier alpha value is -2.36. The number of amides is 1. The van der Waals surface area contributed by atoms with Gasteiger partial charge in [-0.05, 0) is 30.4 Å². The highest BCUT2D eigenvalue weighted by atomic mass is 16.2. The maximum absolute atomic E-state index is 12.3. The number of anilines is 1. The van der Waals surface area contributed by atoms with Crippen LogP contribution in [0.2, 0.25) is 0 Å². The Morgan fingerprint density at radius 1 is 1.13 bits per heavy atom. The van der Waals surface area contributed by atoms with Gasteiger partial charge in [0.1, 0.15) is 5.69 Å². The molecule has 0 saturated carbocycles. The van der Waals surface area contributed by atoms with E-state index in [1.54, 1.807) is 6.92 Å². The molecular weight excluding hydrogens is 288 g/mol. The topological polar surface area (TPSA) is 62.0 Å². The largest absolute Gasteiger partial charge is 0.357 e. The van der Waals surface area contributed by atoms with Gasteiger partial charge in [0.25, 0.3) is 0 Å². The van der Waals surface area contributed by atoms with Crippen molar-refractivity contribution in [2.75, 3.05) is 5.32 Å². The van der Waals surface area contributed by atoms with E-state index >= 15 is 0 Å². The molecule has 0 spiro atoms. The zero-order chi connectivity index (χ0) is 17.4. The minimum atomic E-state index is -0.253. The Kier molecular flexibility index (Phi) is 4.46. The van der Waals surface area contributed by atoms with Crippen molar-refractivity contribution in [2.45, 2.75) is 47.0 Å². The Morgan fingerprint density at radius 3 is 2.26 bits per heavy atom. The van der Waals surface area contributed by atoms with Crippen molar-refractivity contribution < 1.29 is 4.79 Å². The van der Waals surface area contributed by atoms with Gasteiger partial charge in [-0.1, -0.05) is 39.0 Å². The van der Waals surface area contributed by atoms with Crippen LogP contribution in [0.5, 0.6) is 0 Å². The van der Waals surface area contributed by atoms with Gasteiger partial charge >= 0.3 is 0 Å². The summed E-state index contributed by atoms with van der Waals surface area (Å²) in [4.78, 5) is 26.7. The number of aryl methyl sites for hydroxylation is 2. The molecule has 0 radical (unpaired) electrons. The Bertz CT molecular complexity index is 811. The van der Waals surface area contributed by atoms with Gasteiger partial charge in [0.2, 0.25) is 11.3 Å². The number of nitrogens with one attached hydrogen (secondary N) is 2. The molecule has 0 unspecified atom stereocenters. The molecule has 1 aromatic carbocycles. The summed E-state index contributed by atoms with van der Waals surface area (Å²) in [7, 11) is 0. The number of carbonyl (C=O) groups excluding carboxylic acids is 1. The summed E-state index contributed by atoms with van der Waals surface area (Å²) in [5.41, 5.74) is 4.99. The first-order valence-electron chi connectivity index (χ1n) is 7.72. The lowest BCUT2D eigenvalue weighted by Gasteiger charge is -2.21. The zero-order valence-electron chi connectivity index (χ0n) is 14.6. The van der Waals surface area contributed by atoms with Gasteiger partial charge in [-0.15, -0.1) is 0 Å². The Labute approximate surface area is 137 Å². The van der Waals surface area contributed by atoms with Crippen molar-refractivity contribution in [3.8, 4) is 11.3 Å². The number of H-pyrrole nitrogens is 1. The van der Waals surface area contributed by atoms with E-state index in [9.17, 15) is 9.59 Å². The van der Waals surface area contributed by atoms with Gasteiger partial charge in [-0.25, -0.2) is 0 Å². The van der Waals surface area contributed by atoms with Crippen LogP contribution >= 0.6 is 0 Å². The summed E-state index contributed by atoms with van der Waals surface area (Å²) in [5, 5.41) is 2.58. The first-order chi connectivity index (χ1) is 10.6. The lowest BCUT2D eigenvalue weighted by molar-refractivity contribution is -0.114. The molecule has 2 rings (SSSR count). The molecular formula is C19H24N2O2. The standard InChI is InChI=1S/C19H24N2O2/c1-11-9-14(19(4,5)6)7-8-15(11)16-10-17(23)18(12(2)20-16)21-13(3)22/h7-10H,1-6H3,(H,20,23)(H,21,22). The second kappa shape index (κ2) is 6.03. The minimum absolute atomic E-state index is 0.0852. The summed E-state index contributed by atoms with van der Waals surface area (Å²) < 4.78 is 0. The van der Waals surface area contributed by atoms with Crippen molar-refractivity contribution in [1.82, 2.24) is 4.98 Å². The highest BCUT2D eigenvalue weighted by Crippen LogP contribution is 2.28. The molecule has 2 aromatic rings. The third kappa shape index (κ3) is 3.70. The van der Waals surface area contributed by atoms with Crippen LogP contribution in [-0.4, -0.2) is 10.9 Å². The van der Waals surface area contributed by atoms with Gasteiger partial charge in [0.05, 0.1) is 0 Å². The Balaban J connectivity index is 2.52. The van der Waals surface area contributed by atoms with Gasteiger partial charge in [-0.2, -0.15) is 0 Å². The van der Waals surface area contributed by atoms with Gasteiger partial charge in [-0.3, -0.25) is 9.59 Å². The number of rotatable bonds is 2. The summed E-state index contributed by atoms with van der Waals surface area (Å²) in [5.74, 6) is -0.253. The average Bonchev–Trinajstić information content (AvgIpc) is 2.41. The maximum atomic E-state index is 12.3. The molecule has 23 heavy (non-hydrogen) atoms. The quantitative estimate of drug-likeness (QED) is 0.883. The fourth-order valence-corrected chi connectivity index (χ4v) is 2.60. The smallest absolute Gasteiger partial charge is 0.221 e. The fourth-order valence-electron chi connectivity index (χ4n) is 2.60. The van der Waals surface area contributed by atoms with Crippen LogP contribution in [0.1, 0.15) is 44.5 Å². The van der Waals surface area contributed by atoms with E-state index in [1.165, 1.54) is 18.6 Å². The second-order valence-electron chi connectivity index (χ2n) is 7.01. The van der Waals surface area contributed by atoms with Crippen molar-refractivity contribution in [2.24, 2.45) is 0 Å². The monoisotopic (exact) mass is 312 g/mol. The molecule has 2 N–H and O–H groups in total. The molecule has 1 amide bonds. The van der Waals surface area contributed by atoms with Crippen molar-refractivity contribution in [3.63, 3.8) is 0 Å². The maximum Gasteiger partial charge on any atom is 0.221 e. The predicted octanol–water partition coefficient (Wildman–Crippen LogP) is 3.91. The van der Waals surface area contributed by atoms with Gasteiger partial charge < -0.3 is 10.3 Å². The lowest BCUT2D eigenvalue weighted by atomic mass is 9.85. The van der Waals surface area contributed by atoms with E-state index < -0.39 is 0 Å². The summed E-state index contributed by atoms with van der Waals surface area (Å²) >= 11 is 0. The number of hydrogen-bond donors (Lipinski definition) is 2. The van der Waals surface area contributed by atoms with Crippen molar-refractivity contribution in [1.29, 1.82) is 0 Å². The van der Waals surface area contributed by atoms with Crippen LogP contribution in [0.3, 0.4) is 0 Å². The molecule has 0 bridgehead atoms. The van der Waals surface area contributed by atoms with Crippen molar-refractivity contribution >= 4 is 11.6 Å². The molecule has 122 valence electrons. The van der Waals surface area contributed by atoms with Crippen LogP contribution in [0.15, 0.2) is 29.1 Å². The molecule has 4 heteroatoms. The summed E-state index contributed by atoms with van der Waals surface area (Å²) in [6.07, 6.45) is 0. The highest BCUT2D eigenvalue weighted by Gasteiger charge is 2.16. The lowest BCUT2D eigenvalue weighted by Crippen LogP contribution is -2.17. The molecule has 0 aliphatic carbocycles. The normalized spacial score (nSPS) is 11.4. The molecule has 0 fully saturated rings. The van der Waals surface area contributed by atoms with Crippen molar-refractivity contribution in [3.05, 3.63) is 51.3 Å². The van der Waals surface area contributed by atoms with Crippen LogP contribution in [0.25, 0.3) is 11.3 Å². The van der Waals surface area contributed by atoms with Crippen LogP contribution in [-0.2, 0) is 10.2 Å². The number of aromatic amines is 1. The van der Waals surface area contributed by atoms with E-state index in [0.29, 0.717) is 11.4 Å². The number of hydrogen-bond acceptors (Lipinski definition) is 2. The van der Waals surface area contributed by atoms with Gasteiger partial charge in [0, 0.05) is 29.9 Å². The predicted molar refractivity (Wildman–Crippen MR) is 95.0 cm³/mol. The van der Waals surface area contributed by atoms with E-state index in [4.69, 9.17) is 0 Å². The van der Waals surface area contributed by atoms with Crippen LogP contribution in [0, 0.1) is 13.8 Å². The minimum Gasteiger partial charge on any atom is -0.357 e. The van der Waals surface area contributed by atoms with Gasteiger partial charge in [0.15, 0.2) is 0 Å². The van der Waals surface area contributed by atoms with E-state index in [-0.39, 0.29) is 16.8 Å². The first kappa shape index (κ1) is 17.0. The Morgan fingerprint density at radius 2 is 1.78 bits per heavy atom. The van der Waals surface area contributed by atoms with E-state index in [2.05, 4.69) is 43.2 Å². The van der Waals surface area contributed by atoms with Crippen LogP contribution < -0.4 is 10.7 Å². The third-order valence-corrected chi connectivity index (χ3v) is 3.90. The summed E-state index contributed by atoms with van der Waals surface area (Å²) in [6.45, 7) is 11.7.